The molecule has 1 aliphatic carbocycles. The first kappa shape index (κ1) is 16.7. The molecule has 1 saturated carbocycles. The lowest BCUT2D eigenvalue weighted by molar-refractivity contribution is 0.421. The maximum Gasteiger partial charge on any atom is 0.243 e. The minimum absolute atomic E-state index is 0.168. The third-order valence-corrected chi connectivity index (χ3v) is 5.97. The van der Waals surface area contributed by atoms with E-state index in [9.17, 15) is 8.42 Å². The molecule has 0 spiro atoms. The summed E-state index contributed by atoms with van der Waals surface area (Å²) in [5, 5.41) is 3.78. The Bertz CT molecular complexity index is 598. The van der Waals surface area contributed by atoms with Crippen LogP contribution in [0.4, 0.5) is 0 Å². The zero-order chi connectivity index (χ0) is 15.6. The van der Waals surface area contributed by atoms with Gasteiger partial charge in [0.05, 0.1) is 4.90 Å². The highest BCUT2D eigenvalue weighted by atomic mass is 35.5. The average molecular weight is 331 g/mol. The van der Waals surface area contributed by atoms with Crippen molar-refractivity contribution in [3.8, 4) is 0 Å². The maximum atomic E-state index is 12.6. The zero-order valence-corrected chi connectivity index (χ0v) is 14.3. The first-order valence-corrected chi connectivity index (χ1v) is 9.21. The molecule has 21 heavy (non-hydrogen) atoms. The summed E-state index contributed by atoms with van der Waals surface area (Å²) in [6.07, 6.45) is 1.91. The summed E-state index contributed by atoms with van der Waals surface area (Å²) in [5.41, 5.74) is 0.916. The molecule has 0 atom stereocenters. The van der Waals surface area contributed by atoms with Crippen molar-refractivity contribution in [1.82, 2.24) is 9.62 Å². The molecule has 1 aromatic rings. The Morgan fingerprint density at radius 3 is 2.52 bits per heavy atom. The molecule has 2 rings (SSSR count). The molecule has 0 heterocycles. The van der Waals surface area contributed by atoms with E-state index in [2.05, 4.69) is 19.2 Å². The molecule has 0 bridgehead atoms. The monoisotopic (exact) mass is 330 g/mol. The van der Waals surface area contributed by atoms with Gasteiger partial charge in [0.25, 0.3) is 0 Å². The first-order chi connectivity index (χ1) is 9.86. The predicted octanol–water partition coefficient (Wildman–Crippen LogP) is 3.01. The van der Waals surface area contributed by atoms with E-state index in [1.807, 2.05) is 6.92 Å². The van der Waals surface area contributed by atoms with Crippen molar-refractivity contribution in [3.05, 3.63) is 28.8 Å². The minimum Gasteiger partial charge on any atom is -0.310 e. The molecule has 6 heteroatoms. The molecule has 0 aromatic heterocycles. The highest BCUT2D eigenvalue weighted by Gasteiger charge is 2.36. The second-order valence-corrected chi connectivity index (χ2v) is 8.03. The number of hydrogen-bond acceptors (Lipinski definition) is 3. The van der Waals surface area contributed by atoms with Crippen LogP contribution in [0.2, 0.25) is 5.02 Å². The summed E-state index contributed by atoms with van der Waals surface area (Å²) in [6, 6.07) is 5.55. The molecule has 0 unspecified atom stereocenters. The molecule has 1 aromatic carbocycles. The smallest absolute Gasteiger partial charge is 0.243 e. The van der Waals surface area contributed by atoms with Crippen LogP contribution in [-0.2, 0) is 16.6 Å². The van der Waals surface area contributed by atoms with Crippen LogP contribution in [0.1, 0.15) is 39.2 Å². The molecule has 1 aliphatic rings. The van der Waals surface area contributed by atoms with Crippen molar-refractivity contribution in [1.29, 1.82) is 0 Å². The summed E-state index contributed by atoms with van der Waals surface area (Å²) in [5.74, 6) is 0. The first-order valence-electron chi connectivity index (χ1n) is 7.40. The highest BCUT2D eigenvalue weighted by Crippen LogP contribution is 2.32. The van der Waals surface area contributed by atoms with Gasteiger partial charge >= 0.3 is 0 Å². The van der Waals surface area contributed by atoms with E-state index >= 15 is 0 Å². The lowest BCUT2D eigenvalue weighted by Crippen LogP contribution is -2.33. The fourth-order valence-electron chi connectivity index (χ4n) is 2.27. The number of hydrogen-bond donors (Lipinski definition) is 1. The number of rotatable bonds is 7. The standard InChI is InChI=1S/C15H23ClN2O2S/c1-4-18(13-6-7-13)21(19,20)14-8-5-12(15(16)9-14)10-17-11(2)3/h5,8-9,11,13,17H,4,6-7,10H2,1-3H3. The fourth-order valence-corrected chi connectivity index (χ4v) is 4.30. The summed E-state index contributed by atoms with van der Waals surface area (Å²) >= 11 is 6.24. The predicted molar refractivity (Wildman–Crippen MR) is 86.0 cm³/mol. The molecular weight excluding hydrogens is 308 g/mol. The molecule has 4 nitrogen and oxygen atoms in total. The van der Waals surface area contributed by atoms with E-state index in [-0.39, 0.29) is 10.9 Å². The SMILES string of the molecule is CCN(C1CC1)S(=O)(=O)c1ccc(CNC(C)C)c(Cl)c1. The van der Waals surface area contributed by atoms with Crippen LogP contribution in [0.15, 0.2) is 23.1 Å². The number of sulfonamides is 1. The largest absolute Gasteiger partial charge is 0.310 e. The molecule has 1 fully saturated rings. The number of nitrogens with zero attached hydrogens (tertiary/aromatic N) is 1. The van der Waals surface area contributed by atoms with E-state index < -0.39 is 10.0 Å². The normalized spacial score (nSPS) is 15.9. The molecule has 0 saturated heterocycles. The average Bonchev–Trinajstić information content (AvgIpc) is 3.22. The Morgan fingerprint density at radius 2 is 2.05 bits per heavy atom. The Morgan fingerprint density at radius 1 is 1.38 bits per heavy atom. The lowest BCUT2D eigenvalue weighted by atomic mass is 10.2. The third kappa shape index (κ3) is 3.97. The Labute approximate surface area is 132 Å². The fraction of sp³-hybridized carbons (Fsp3) is 0.600. The van der Waals surface area contributed by atoms with Crippen LogP contribution in [0.25, 0.3) is 0 Å². The van der Waals surface area contributed by atoms with E-state index in [1.165, 1.54) is 0 Å². The maximum absolute atomic E-state index is 12.6. The molecule has 0 amide bonds. The summed E-state index contributed by atoms with van der Waals surface area (Å²) in [4.78, 5) is 0.287. The minimum atomic E-state index is -3.43. The number of benzene rings is 1. The van der Waals surface area contributed by atoms with Gasteiger partial charge in [-0.1, -0.05) is 38.4 Å². The van der Waals surface area contributed by atoms with Crippen molar-refractivity contribution < 1.29 is 8.42 Å². The number of nitrogens with one attached hydrogen (secondary N) is 1. The number of halogens is 1. The van der Waals surface area contributed by atoms with Crippen molar-refractivity contribution in [2.45, 2.75) is 57.1 Å². The second-order valence-electron chi connectivity index (χ2n) is 5.73. The van der Waals surface area contributed by atoms with E-state index in [1.54, 1.807) is 22.5 Å². The topological polar surface area (TPSA) is 49.4 Å². The van der Waals surface area contributed by atoms with Crippen LogP contribution in [0.3, 0.4) is 0 Å². The van der Waals surface area contributed by atoms with Crippen LogP contribution in [-0.4, -0.2) is 31.4 Å². The van der Waals surface area contributed by atoms with Gasteiger partial charge in [0.2, 0.25) is 10.0 Å². The summed E-state index contributed by atoms with van der Waals surface area (Å²) in [6.45, 7) is 7.12. The van der Waals surface area contributed by atoms with Gasteiger partial charge in [-0.2, -0.15) is 4.31 Å². The second kappa shape index (κ2) is 6.65. The van der Waals surface area contributed by atoms with Gasteiger partial charge in [-0.15, -0.1) is 0 Å². The van der Waals surface area contributed by atoms with Gasteiger partial charge in [0.15, 0.2) is 0 Å². The van der Waals surface area contributed by atoms with Crippen LogP contribution >= 0.6 is 11.6 Å². The van der Waals surface area contributed by atoms with Crippen LogP contribution in [0, 0.1) is 0 Å². The summed E-state index contributed by atoms with van der Waals surface area (Å²) in [7, 11) is -3.43. The van der Waals surface area contributed by atoms with Crippen molar-refractivity contribution >= 4 is 21.6 Å². The molecule has 0 radical (unpaired) electrons. The van der Waals surface area contributed by atoms with Crippen molar-refractivity contribution in [2.24, 2.45) is 0 Å². The Hall–Kier alpha value is -0.620. The highest BCUT2D eigenvalue weighted by molar-refractivity contribution is 7.89. The van der Waals surface area contributed by atoms with Crippen LogP contribution in [0.5, 0.6) is 0 Å². The van der Waals surface area contributed by atoms with Crippen molar-refractivity contribution in [3.63, 3.8) is 0 Å². The molecular formula is C15H23ClN2O2S. The molecule has 118 valence electrons. The molecule has 1 N–H and O–H groups in total. The van der Waals surface area contributed by atoms with E-state index in [0.717, 1.165) is 18.4 Å². The van der Waals surface area contributed by atoms with Gasteiger partial charge in [-0.25, -0.2) is 8.42 Å². The zero-order valence-electron chi connectivity index (χ0n) is 12.8. The van der Waals surface area contributed by atoms with Gasteiger partial charge in [-0.3, -0.25) is 0 Å². The van der Waals surface area contributed by atoms with Gasteiger partial charge in [0, 0.05) is 30.2 Å². The van der Waals surface area contributed by atoms with E-state index in [4.69, 9.17) is 11.6 Å². The summed E-state index contributed by atoms with van der Waals surface area (Å²) < 4.78 is 26.8. The van der Waals surface area contributed by atoms with Gasteiger partial charge in [0.1, 0.15) is 0 Å². The van der Waals surface area contributed by atoms with Crippen LogP contribution < -0.4 is 5.32 Å². The lowest BCUT2D eigenvalue weighted by Gasteiger charge is -2.20. The van der Waals surface area contributed by atoms with Crippen molar-refractivity contribution in [2.75, 3.05) is 6.54 Å². The van der Waals surface area contributed by atoms with E-state index in [0.29, 0.717) is 24.2 Å². The quantitative estimate of drug-likeness (QED) is 0.836. The van der Waals surface area contributed by atoms with Gasteiger partial charge < -0.3 is 5.32 Å². The third-order valence-electron chi connectivity index (χ3n) is 3.60. The molecule has 0 aliphatic heterocycles. The Balaban J connectivity index is 2.22. The Kier molecular flexibility index (Phi) is 5.30. The van der Waals surface area contributed by atoms with Gasteiger partial charge in [-0.05, 0) is 30.5 Å².